The molecule has 1 N–H and O–H groups in total. The van der Waals surface area contributed by atoms with E-state index in [1.54, 1.807) is 0 Å². The molecule has 0 saturated heterocycles. The normalized spacial score (nSPS) is 12.3. The molecule has 1 aromatic carbocycles. The minimum Gasteiger partial charge on any atom is -0.469 e. The van der Waals surface area contributed by atoms with Gasteiger partial charge in [0.15, 0.2) is 0 Å². The molecule has 0 atom stereocenters. The molecule has 3 nitrogen and oxygen atoms in total. The quantitative estimate of drug-likeness (QED) is 0.783. The van der Waals surface area contributed by atoms with Crippen molar-refractivity contribution in [1.82, 2.24) is 0 Å². The predicted molar refractivity (Wildman–Crippen MR) is 61.6 cm³/mol. The predicted octanol–water partition coefficient (Wildman–Crippen LogP) is 1.79. The number of rotatable bonds is 2. The van der Waals surface area contributed by atoms with Crippen LogP contribution < -0.4 is 5.32 Å². The third-order valence-electron chi connectivity index (χ3n) is 2.46. The van der Waals surface area contributed by atoms with E-state index < -0.39 is 0 Å². The van der Waals surface area contributed by atoms with Crippen LogP contribution in [-0.2, 0) is 22.4 Å². The molecule has 0 amide bonds. The summed E-state index contributed by atoms with van der Waals surface area (Å²) in [5.41, 5.74) is 3.50. The number of fused-ring (bicyclic) bond motifs is 1. The van der Waals surface area contributed by atoms with E-state index in [9.17, 15) is 4.79 Å². The summed E-state index contributed by atoms with van der Waals surface area (Å²) in [6.45, 7) is 0.997. The zero-order valence-electron chi connectivity index (χ0n) is 8.58. The summed E-state index contributed by atoms with van der Waals surface area (Å²) in [6.07, 6.45) is 1.43. The molecule has 0 aliphatic carbocycles. The molecule has 15 heavy (non-hydrogen) atoms. The first-order valence-electron chi connectivity index (χ1n) is 4.72. The first-order chi connectivity index (χ1) is 6.79. The van der Waals surface area contributed by atoms with Gasteiger partial charge in [-0.15, -0.1) is 12.4 Å². The van der Waals surface area contributed by atoms with Crippen molar-refractivity contribution in [2.45, 2.75) is 12.8 Å². The number of ether oxygens (including phenoxy) is 1. The largest absolute Gasteiger partial charge is 0.469 e. The van der Waals surface area contributed by atoms with Crippen LogP contribution in [-0.4, -0.2) is 19.6 Å². The number of hydrogen-bond donors (Lipinski definition) is 1. The smallest absolute Gasteiger partial charge is 0.309 e. The average Bonchev–Trinajstić information content (AvgIpc) is 2.64. The zero-order chi connectivity index (χ0) is 9.97. The van der Waals surface area contributed by atoms with Gasteiger partial charge >= 0.3 is 5.97 Å². The summed E-state index contributed by atoms with van der Waals surface area (Å²) >= 11 is 0. The summed E-state index contributed by atoms with van der Waals surface area (Å²) in [7, 11) is 1.41. The van der Waals surface area contributed by atoms with Crippen molar-refractivity contribution >= 4 is 24.1 Å². The molecule has 0 unspecified atom stereocenters. The van der Waals surface area contributed by atoms with E-state index in [0.717, 1.165) is 24.2 Å². The first-order valence-corrected chi connectivity index (χ1v) is 4.72. The number of benzene rings is 1. The van der Waals surface area contributed by atoms with Crippen LogP contribution in [0.4, 0.5) is 5.69 Å². The molecule has 0 spiro atoms. The molecule has 1 heterocycles. The van der Waals surface area contributed by atoms with Crippen molar-refractivity contribution in [2.75, 3.05) is 19.0 Å². The second-order valence-electron chi connectivity index (χ2n) is 3.42. The van der Waals surface area contributed by atoms with Gasteiger partial charge in [-0.1, -0.05) is 12.1 Å². The number of hydrogen-bond acceptors (Lipinski definition) is 3. The van der Waals surface area contributed by atoms with Gasteiger partial charge in [0.1, 0.15) is 0 Å². The van der Waals surface area contributed by atoms with Crippen LogP contribution in [0.2, 0.25) is 0 Å². The van der Waals surface area contributed by atoms with Gasteiger partial charge in [-0.05, 0) is 23.6 Å². The highest BCUT2D eigenvalue weighted by Crippen LogP contribution is 2.23. The Balaban J connectivity index is 0.00000112. The Morgan fingerprint density at radius 2 is 2.33 bits per heavy atom. The number of carbonyl (C=O) groups is 1. The highest BCUT2D eigenvalue weighted by molar-refractivity contribution is 5.85. The number of methoxy groups -OCH3 is 1. The molecule has 0 aromatic heterocycles. The van der Waals surface area contributed by atoms with E-state index in [4.69, 9.17) is 0 Å². The van der Waals surface area contributed by atoms with Crippen molar-refractivity contribution in [3.63, 3.8) is 0 Å². The minimum absolute atomic E-state index is 0. The summed E-state index contributed by atoms with van der Waals surface area (Å²) in [5.74, 6) is -0.192. The van der Waals surface area contributed by atoms with E-state index in [0.29, 0.717) is 6.42 Å². The average molecular weight is 228 g/mol. The molecule has 0 bridgehead atoms. The molecule has 0 saturated carbocycles. The van der Waals surface area contributed by atoms with Crippen molar-refractivity contribution in [3.8, 4) is 0 Å². The highest BCUT2D eigenvalue weighted by atomic mass is 35.5. The van der Waals surface area contributed by atoms with Crippen LogP contribution >= 0.6 is 12.4 Å². The third-order valence-corrected chi connectivity index (χ3v) is 2.46. The van der Waals surface area contributed by atoms with E-state index in [-0.39, 0.29) is 18.4 Å². The standard InChI is InChI=1S/C11H13NO2.ClH/c1-14-11(13)7-8-2-3-9-4-5-12-10(9)6-8;/h2-3,6,12H,4-5,7H2,1H3;1H. The van der Waals surface area contributed by atoms with E-state index in [1.165, 1.54) is 12.7 Å². The maximum Gasteiger partial charge on any atom is 0.309 e. The van der Waals surface area contributed by atoms with E-state index >= 15 is 0 Å². The molecule has 1 aliphatic heterocycles. The van der Waals surface area contributed by atoms with Crippen LogP contribution in [0.3, 0.4) is 0 Å². The molecule has 0 fully saturated rings. The van der Waals surface area contributed by atoms with Gasteiger partial charge in [-0.2, -0.15) is 0 Å². The maximum absolute atomic E-state index is 11.0. The van der Waals surface area contributed by atoms with Gasteiger partial charge in [-0.25, -0.2) is 0 Å². The first kappa shape index (κ1) is 11.9. The Kier molecular flexibility index (Phi) is 3.97. The molecule has 82 valence electrons. The third kappa shape index (κ3) is 2.63. The van der Waals surface area contributed by atoms with Crippen LogP contribution in [0.15, 0.2) is 18.2 Å². The SMILES string of the molecule is COC(=O)Cc1ccc2c(c1)NCC2.Cl. The Bertz CT molecular complexity index is 366. The van der Waals surface area contributed by atoms with Crippen molar-refractivity contribution < 1.29 is 9.53 Å². The van der Waals surface area contributed by atoms with Gasteiger partial charge in [0.05, 0.1) is 13.5 Å². The lowest BCUT2D eigenvalue weighted by Gasteiger charge is -2.03. The van der Waals surface area contributed by atoms with Gasteiger partial charge in [-0.3, -0.25) is 4.79 Å². The minimum atomic E-state index is -0.192. The second kappa shape index (κ2) is 5.03. The number of nitrogens with one attached hydrogen (secondary N) is 1. The lowest BCUT2D eigenvalue weighted by Crippen LogP contribution is -2.04. The summed E-state index contributed by atoms with van der Waals surface area (Å²) < 4.78 is 4.61. The second-order valence-corrected chi connectivity index (χ2v) is 3.42. The molecule has 0 radical (unpaired) electrons. The Labute approximate surface area is 95.2 Å². The molecular formula is C11H14ClNO2. The summed E-state index contributed by atoms with van der Waals surface area (Å²) in [6, 6.07) is 6.09. The zero-order valence-corrected chi connectivity index (χ0v) is 9.39. The Morgan fingerprint density at radius 1 is 1.53 bits per heavy atom. The highest BCUT2D eigenvalue weighted by Gasteiger charge is 2.11. The van der Waals surface area contributed by atoms with Gasteiger partial charge in [0, 0.05) is 12.2 Å². The van der Waals surface area contributed by atoms with Gasteiger partial charge < -0.3 is 10.1 Å². The fraction of sp³-hybridized carbons (Fsp3) is 0.364. The van der Waals surface area contributed by atoms with Crippen LogP contribution in [0.5, 0.6) is 0 Å². The van der Waals surface area contributed by atoms with E-state index in [2.05, 4.69) is 16.1 Å². The Hall–Kier alpha value is -1.22. The van der Waals surface area contributed by atoms with Crippen LogP contribution in [0.1, 0.15) is 11.1 Å². The molecule has 1 aromatic rings. The van der Waals surface area contributed by atoms with Crippen LogP contribution in [0.25, 0.3) is 0 Å². The van der Waals surface area contributed by atoms with Crippen molar-refractivity contribution in [2.24, 2.45) is 0 Å². The number of anilines is 1. The summed E-state index contributed by atoms with van der Waals surface area (Å²) in [4.78, 5) is 11.0. The number of halogens is 1. The topological polar surface area (TPSA) is 38.3 Å². The fourth-order valence-electron chi connectivity index (χ4n) is 1.69. The molecule has 4 heteroatoms. The van der Waals surface area contributed by atoms with Gasteiger partial charge in [0.2, 0.25) is 0 Å². The Morgan fingerprint density at radius 3 is 3.07 bits per heavy atom. The van der Waals surface area contributed by atoms with Crippen LogP contribution in [0, 0.1) is 0 Å². The van der Waals surface area contributed by atoms with Crippen molar-refractivity contribution in [3.05, 3.63) is 29.3 Å². The number of carbonyl (C=O) groups excluding carboxylic acids is 1. The van der Waals surface area contributed by atoms with Gasteiger partial charge in [0.25, 0.3) is 0 Å². The fourth-order valence-corrected chi connectivity index (χ4v) is 1.69. The lowest BCUT2D eigenvalue weighted by atomic mass is 10.1. The molecule has 2 rings (SSSR count). The molecular weight excluding hydrogens is 214 g/mol. The van der Waals surface area contributed by atoms with Crippen molar-refractivity contribution in [1.29, 1.82) is 0 Å². The maximum atomic E-state index is 11.0. The number of esters is 1. The van der Waals surface area contributed by atoms with E-state index in [1.807, 2.05) is 12.1 Å². The lowest BCUT2D eigenvalue weighted by molar-refractivity contribution is -0.139. The monoisotopic (exact) mass is 227 g/mol. The summed E-state index contributed by atoms with van der Waals surface area (Å²) in [5, 5.41) is 3.28. The molecule has 1 aliphatic rings.